The van der Waals surface area contributed by atoms with Gasteiger partial charge in [-0.25, -0.2) is 4.79 Å². The molecule has 1 saturated carbocycles. The van der Waals surface area contributed by atoms with E-state index in [-0.39, 0.29) is 30.6 Å². The third-order valence-corrected chi connectivity index (χ3v) is 4.63. The Morgan fingerprint density at radius 1 is 1.29 bits per heavy atom. The summed E-state index contributed by atoms with van der Waals surface area (Å²) in [5.41, 5.74) is 0. The molecule has 3 fully saturated rings. The fraction of sp³-hybridized carbons (Fsp3) is 0.786. The van der Waals surface area contributed by atoms with E-state index in [1.807, 2.05) is 0 Å². The molecule has 2 saturated heterocycles. The van der Waals surface area contributed by atoms with Gasteiger partial charge in [0.05, 0.1) is 0 Å². The molecule has 2 N–H and O–H groups in total. The van der Waals surface area contributed by atoms with Gasteiger partial charge >= 0.3 is 12.0 Å². The van der Waals surface area contributed by atoms with Gasteiger partial charge in [-0.3, -0.25) is 9.59 Å². The summed E-state index contributed by atoms with van der Waals surface area (Å²) in [4.78, 5) is 38.1. The number of carbonyl (C=O) groups is 3. The number of aliphatic carboxylic acids is 1. The summed E-state index contributed by atoms with van der Waals surface area (Å²) in [7, 11) is 0. The molecule has 0 aromatic heterocycles. The van der Waals surface area contributed by atoms with Gasteiger partial charge < -0.3 is 20.2 Å². The van der Waals surface area contributed by atoms with E-state index in [0.29, 0.717) is 25.4 Å². The number of carboxylic acids is 1. The Kier molecular flexibility index (Phi) is 3.73. The molecule has 1 aliphatic carbocycles. The van der Waals surface area contributed by atoms with Crippen LogP contribution in [0.4, 0.5) is 4.79 Å². The highest BCUT2D eigenvalue weighted by molar-refractivity contribution is 5.81. The maximum absolute atomic E-state index is 12.6. The van der Waals surface area contributed by atoms with Crippen LogP contribution in [0, 0.1) is 5.92 Å². The van der Waals surface area contributed by atoms with Crippen LogP contribution >= 0.6 is 0 Å². The van der Waals surface area contributed by atoms with Gasteiger partial charge in [-0.1, -0.05) is 0 Å². The molecule has 0 bridgehead atoms. The molecule has 7 heteroatoms. The Bertz CT molecular complexity index is 463. The van der Waals surface area contributed by atoms with E-state index in [2.05, 4.69) is 5.32 Å². The summed E-state index contributed by atoms with van der Waals surface area (Å²) in [6.07, 6.45) is 3.88. The second-order valence-corrected chi connectivity index (χ2v) is 6.24. The zero-order valence-electron chi connectivity index (χ0n) is 12.0. The predicted octanol–water partition coefficient (Wildman–Crippen LogP) is 0.256. The number of piperidine rings is 2. The zero-order chi connectivity index (χ0) is 15.0. The van der Waals surface area contributed by atoms with Gasteiger partial charge in [0, 0.05) is 31.6 Å². The third-order valence-electron chi connectivity index (χ3n) is 4.63. The maximum atomic E-state index is 12.6. The molecular weight excluding hydrogens is 274 g/mol. The average molecular weight is 295 g/mol. The van der Waals surface area contributed by atoms with Crippen molar-refractivity contribution in [2.45, 2.75) is 44.2 Å². The monoisotopic (exact) mass is 295 g/mol. The third kappa shape index (κ3) is 3.11. The van der Waals surface area contributed by atoms with Crippen LogP contribution < -0.4 is 5.32 Å². The van der Waals surface area contributed by atoms with Crippen LogP contribution in [-0.2, 0) is 9.59 Å². The second-order valence-electron chi connectivity index (χ2n) is 6.24. The van der Waals surface area contributed by atoms with Gasteiger partial charge in [0.15, 0.2) is 0 Å². The molecule has 2 atom stereocenters. The van der Waals surface area contributed by atoms with Crippen molar-refractivity contribution in [3.8, 4) is 0 Å². The summed E-state index contributed by atoms with van der Waals surface area (Å²) in [5, 5.41) is 12.0. The summed E-state index contributed by atoms with van der Waals surface area (Å²) < 4.78 is 0. The lowest BCUT2D eigenvalue weighted by Crippen LogP contribution is -2.57. The minimum atomic E-state index is -0.963. The van der Waals surface area contributed by atoms with Crippen LogP contribution in [0.25, 0.3) is 0 Å². The standard InChI is InChI=1S/C14H21N3O4/c18-12-4-1-9-7-16(6-5-11(9)15-12)14(21)17(8-13(19)20)10-2-3-10/h9-11H,1-8H2,(H,15,18)(H,19,20). The fourth-order valence-corrected chi connectivity index (χ4v) is 3.35. The van der Waals surface area contributed by atoms with Crippen molar-refractivity contribution in [2.75, 3.05) is 19.6 Å². The Labute approximate surface area is 123 Å². The van der Waals surface area contributed by atoms with E-state index in [4.69, 9.17) is 5.11 Å². The number of rotatable bonds is 3. The summed E-state index contributed by atoms with van der Waals surface area (Å²) in [5.74, 6) is -0.567. The first-order valence-electron chi connectivity index (χ1n) is 7.61. The first kappa shape index (κ1) is 14.2. The van der Waals surface area contributed by atoms with Gasteiger partial charge in [0.1, 0.15) is 6.54 Å². The fourth-order valence-electron chi connectivity index (χ4n) is 3.35. The SMILES string of the molecule is O=C(O)CN(C(=O)N1CCC2NC(=O)CCC2C1)C1CC1. The van der Waals surface area contributed by atoms with Crippen LogP contribution in [-0.4, -0.2) is 64.5 Å². The van der Waals surface area contributed by atoms with Crippen LogP contribution in [0.3, 0.4) is 0 Å². The molecule has 3 rings (SSSR count). The number of carboxylic acid groups (broad SMARTS) is 1. The second kappa shape index (κ2) is 5.54. The number of nitrogens with zero attached hydrogens (tertiary/aromatic N) is 2. The molecule has 0 radical (unpaired) electrons. The number of likely N-dealkylation sites (tertiary alicyclic amines) is 1. The van der Waals surface area contributed by atoms with Crippen LogP contribution in [0.15, 0.2) is 0 Å². The van der Waals surface area contributed by atoms with Crippen molar-refractivity contribution >= 4 is 17.9 Å². The average Bonchev–Trinajstić information content (AvgIpc) is 3.27. The predicted molar refractivity (Wildman–Crippen MR) is 73.6 cm³/mol. The first-order chi connectivity index (χ1) is 10.0. The van der Waals surface area contributed by atoms with E-state index in [1.54, 1.807) is 4.90 Å². The van der Waals surface area contributed by atoms with Gasteiger partial charge in [-0.05, 0) is 31.6 Å². The highest BCUT2D eigenvalue weighted by Gasteiger charge is 2.40. The molecule has 0 aromatic rings. The molecule has 2 aliphatic heterocycles. The number of nitrogens with one attached hydrogen (secondary N) is 1. The largest absolute Gasteiger partial charge is 0.480 e. The van der Waals surface area contributed by atoms with Crippen molar-refractivity contribution in [1.82, 2.24) is 15.1 Å². The lowest BCUT2D eigenvalue weighted by Gasteiger charge is -2.42. The van der Waals surface area contributed by atoms with Gasteiger partial charge in [-0.2, -0.15) is 0 Å². The Balaban J connectivity index is 1.62. The topological polar surface area (TPSA) is 89.9 Å². The Morgan fingerprint density at radius 2 is 2.05 bits per heavy atom. The molecular formula is C14H21N3O4. The van der Waals surface area contributed by atoms with Crippen LogP contribution in [0.5, 0.6) is 0 Å². The summed E-state index contributed by atoms with van der Waals surface area (Å²) >= 11 is 0. The molecule has 116 valence electrons. The number of carbonyl (C=O) groups excluding carboxylic acids is 2. The molecule has 0 aromatic carbocycles. The van der Waals surface area contributed by atoms with Gasteiger partial charge in [0.2, 0.25) is 5.91 Å². The number of hydrogen-bond donors (Lipinski definition) is 2. The van der Waals surface area contributed by atoms with Crippen LogP contribution in [0.1, 0.15) is 32.1 Å². The lowest BCUT2D eigenvalue weighted by atomic mass is 9.85. The van der Waals surface area contributed by atoms with Crippen molar-refractivity contribution in [3.05, 3.63) is 0 Å². The molecule has 2 unspecified atom stereocenters. The first-order valence-corrected chi connectivity index (χ1v) is 7.61. The van der Waals surface area contributed by atoms with E-state index in [0.717, 1.165) is 25.7 Å². The zero-order valence-corrected chi connectivity index (χ0v) is 12.0. The van der Waals surface area contributed by atoms with E-state index in [9.17, 15) is 14.4 Å². The minimum absolute atomic E-state index is 0.0948. The van der Waals surface area contributed by atoms with Crippen LogP contribution in [0.2, 0.25) is 0 Å². The van der Waals surface area contributed by atoms with Crippen molar-refractivity contribution in [2.24, 2.45) is 5.92 Å². The van der Waals surface area contributed by atoms with E-state index in [1.165, 1.54) is 4.90 Å². The normalized spacial score (nSPS) is 28.6. The molecule has 21 heavy (non-hydrogen) atoms. The smallest absolute Gasteiger partial charge is 0.323 e. The van der Waals surface area contributed by atoms with E-state index < -0.39 is 5.97 Å². The molecule has 3 aliphatic rings. The quantitative estimate of drug-likeness (QED) is 0.781. The van der Waals surface area contributed by atoms with Gasteiger partial charge in [-0.15, -0.1) is 0 Å². The highest BCUT2D eigenvalue weighted by Crippen LogP contribution is 2.30. The summed E-state index contributed by atoms with van der Waals surface area (Å²) in [6.45, 7) is 0.987. The molecule has 0 spiro atoms. The van der Waals surface area contributed by atoms with E-state index >= 15 is 0 Å². The number of hydrogen-bond acceptors (Lipinski definition) is 3. The molecule has 2 heterocycles. The number of fused-ring (bicyclic) bond motifs is 1. The van der Waals surface area contributed by atoms with Gasteiger partial charge in [0.25, 0.3) is 0 Å². The minimum Gasteiger partial charge on any atom is -0.480 e. The number of amides is 3. The highest BCUT2D eigenvalue weighted by atomic mass is 16.4. The van der Waals surface area contributed by atoms with Crippen molar-refractivity contribution in [1.29, 1.82) is 0 Å². The molecule has 3 amide bonds. The number of urea groups is 1. The Morgan fingerprint density at radius 3 is 2.71 bits per heavy atom. The molecule has 7 nitrogen and oxygen atoms in total. The maximum Gasteiger partial charge on any atom is 0.323 e. The van der Waals surface area contributed by atoms with Crippen molar-refractivity contribution in [3.63, 3.8) is 0 Å². The summed E-state index contributed by atoms with van der Waals surface area (Å²) in [6, 6.07) is 0.108. The Hall–Kier alpha value is -1.79. The van der Waals surface area contributed by atoms with Crippen molar-refractivity contribution < 1.29 is 19.5 Å². The lowest BCUT2D eigenvalue weighted by molar-refractivity contribution is -0.138.